The molecule has 5 nitrogen and oxygen atoms in total. The van der Waals surface area contributed by atoms with Crippen LogP contribution in [0.25, 0.3) is 0 Å². The van der Waals surface area contributed by atoms with Crippen LogP contribution in [0.3, 0.4) is 0 Å². The Hall–Kier alpha value is -3.96. The van der Waals surface area contributed by atoms with Gasteiger partial charge in [0.1, 0.15) is 6.61 Å². The van der Waals surface area contributed by atoms with Gasteiger partial charge in [-0.25, -0.2) is 0 Å². The molecule has 0 aliphatic heterocycles. The lowest BCUT2D eigenvalue weighted by molar-refractivity contribution is -0.162. The van der Waals surface area contributed by atoms with E-state index < -0.39 is 6.10 Å². The molecule has 0 aromatic heterocycles. The van der Waals surface area contributed by atoms with Gasteiger partial charge in [-0.3, -0.25) is 9.59 Å². The van der Waals surface area contributed by atoms with Crippen LogP contribution in [0.1, 0.15) is 175 Å². The summed E-state index contributed by atoms with van der Waals surface area (Å²) in [5, 5.41) is 0. The Labute approximate surface area is 369 Å². The van der Waals surface area contributed by atoms with Crippen LogP contribution in [0, 0.1) is 0 Å². The molecule has 0 fully saturated rings. The molecule has 0 heterocycles. The second-order valence-electron chi connectivity index (χ2n) is 14.9. The van der Waals surface area contributed by atoms with Crippen molar-refractivity contribution in [2.45, 2.75) is 181 Å². The molecule has 0 spiro atoms. The molecule has 0 aliphatic rings. The lowest BCUT2D eigenvalue weighted by atomic mass is 10.1. The standard InChI is InChI=1S/C55H86O5/c1-4-7-10-13-16-19-22-25-26-27-28-29-30-32-33-36-39-42-45-48-54(56)59-52-53(51-58-50-47-44-41-38-35-24-21-18-15-12-9-6-3)60-55(57)49-46-43-40-37-34-31-23-20-17-14-11-8-5-2/h7-8,10-11,15-20,25-26,28-29,31-34,39-40,42-43,53H,4-6,9,12-14,21-24,27,30,35-38,41,44-52H2,1-3H3/b10-7-,11-8-,18-15-,19-16-,20-17-,26-25-,29-28-,33-32-,34-31-,42-39-,43-40-. The highest BCUT2D eigenvalue weighted by Crippen LogP contribution is 2.10. The number of allylic oxidation sites excluding steroid dienone is 22. The van der Waals surface area contributed by atoms with E-state index in [0.29, 0.717) is 19.4 Å². The zero-order valence-electron chi connectivity index (χ0n) is 38.4. The van der Waals surface area contributed by atoms with Gasteiger partial charge in [0.2, 0.25) is 0 Å². The first-order chi connectivity index (χ1) is 29.6. The topological polar surface area (TPSA) is 61.8 Å². The van der Waals surface area contributed by atoms with Crippen LogP contribution in [0.15, 0.2) is 134 Å². The van der Waals surface area contributed by atoms with Gasteiger partial charge < -0.3 is 14.2 Å². The predicted molar refractivity (Wildman–Crippen MR) is 260 cm³/mol. The average Bonchev–Trinajstić information content (AvgIpc) is 3.25. The fraction of sp³-hybridized carbons (Fsp3) is 0.564. The van der Waals surface area contributed by atoms with Gasteiger partial charge in [-0.1, -0.05) is 193 Å². The van der Waals surface area contributed by atoms with Crippen LogP contribution in [0.4, 0.5) is 0 Å². The van der Waals surface area contributed by atoms with Crippen molar-refractivity contribution < 1.29 is 23.8 Å². The Balaban J connectivity index is 4.50. The molecule has 0 amide bonds. The van der Waals surface area contributed by atoms with Crippen LogP contribution in [0.5, 0.6) is 0 Å². The Kier molecular flexibility index (Phi) is 46.1. The molecule has 0 bridgehead atoms. The highest BCUT2D eigenvalue weighted by atomic mass is 16.6. The van der Waals surface area contributed by atoms with Gasteiger partial charge in [-0.15, -0.1) is 0 Å². The molecule has 0 aliphatic carbocycles. The van der Waals surface area contributed by atoms with E-state index in [0.717, 1.165) is 77.0 Å². The number of hydrogen-bond acceptors (Lipinski definition) is 5. The second-order valence-corrected chi connectivity index (χ2v) is 14.9. The average molecular weight is 827 g/mol. The zero-order chi connectivity index (χ0) is 43.5. The molecule has 60 heavy (non-hydrogen) atoms. The number of hydrogen-bond donors (Lipinski definition) is 0. The van der Waals surface area contributed by atoms with Gasteiger partial charge in [-0.2, -0.15) is 0 Å². The summed E-state index contributed by atoms with van der Waals surface area (Å²) in [5.74, 6) is -0.605. The predicted octanol–water partition coefficient (Wildman–Crippen LogP) is 16.0. The van der Waals surface area contributed by atoms with E-state index in [9.17, 15) is 9.59 Å². The summed E-state index contributed by atoms with van der Waals surface area (Å²) in [7, 11) is 0. The van der Waals surface area contributed by atoms with Crippen LogP contribution >= 0.6 is 0 Å². The van der Waals surface area contributed by atoms with E-state index in [-0.39, 0.29) is 38.0 Å². The van der Waals surface area contributed by atoms with E-state index in [1.807, 2.05) is 12.2 Å². The quantitative estimate of drug-likeness (QED) is 0.0349. The molecular formula is C55H86O5. The number of carbonyl (C=O) groups is 2. The first kappa shape index (κ1) is 56.0. The monoisotopic (exact) mass is 827 g/mol. The Bertz CT molecular complexity index is 1300. The lowest BCUT2D eigenvalue weighted by Crippen LogP contribution is -2.30. The van der Waals surface area contributed by atoms with Crippen LogP contribution in [0.2, 0.25) is 0 Å². The first-order valence-electron chi connectivity index (χ1n) is 23.7. The van der Waals surface area contributed by atoms with E-state index in [2.05, 4.69) is 142 Å². The Morgan fingerprint density at radius 3 is 1.20 bits per heavy atom. The number of unbranched alkanes of at least 4 members (excludes halogenated alkanes) is 8. The first-order valence-corrected chi connectivity index (χ1v) is 23.7. The van der Waals surface area contributed by atoms with Gasteiger partial charge in [0.15, 0.2) is 6.10 Å². The maximum atomic E-state index is 12.7. The summed E-state index contributed by atoms with van der Waals surface area (Å²) < 4.78 is 17.2. The van der Waals surface area contributed by atoms with Gasteiger partial charge in [0.05, 0.1) is 6.61 Å². The molecule has 0 aromatic rings. The number of esters is 2. The molecule has 1 unspecified atom stereocenters. The van der Waals surface area contributed by atoms with Crippen LogP contribution in [-0.2, 0) is 23.8 Å². The largest absolute Gasteiger partial charge is 0.462 e. The van der Waals surface area contributed by atoms with Crippen molar-refractivity contribution in [1.82, 2.24) is 0 Å². The van der Waals surface area contributed by atoms with Crippen LogP contribution in [-0.4, -0.2) is 37.9 Å². The summed E-state index contributed by atoms with van der Waals surface area (Å²) in [6.07, 6.45) is 70.5. The van der Waals surface area contributed by atoms with Crippen molar-refractivity contribution in [2.24, 2.45) is 0 Å². The van der Waals surface area contributed by atoms with Crippen molar-refractivity contribution in [3.63, 3.8) is 0 Å². The number of rotatable bonds is 41. The second kappa shape index (κ2) is 49.4. The molecule has 0 aromatic carbocycles. The van der Waals surface area contributed by atoms with Crippen molar-refractivity contribution in [1.29, 1.82) is 0 Å². The molecule has 336 valence electrons. The van der Waals surface area contributed by atoms with Crippen molar-refractivity contribution in [2.75, 3.05) is 19.8 Å². The summed E-state index contributed by atoms with van der Waals surface area (Å²) >= 11 is 0. The lowest BCUT2D eigenvalue weighted by Gasteiger charge is -2.18. The fourth-order valence-corrected chi connectivity index (χ4v) is 5.70. The summed E-state index contributed by atoms with van der Waals surface area (Å²) in [5.41, 5.74) is 0. The molecule has 0 saturated carbocycles. The van der Waals surface area contributed by atoms with Crippen LogP contribution < -0.4 is 0 Å². The zero-order valence-corrected chi connectivity index (χ0v) is 38.4. The molecule has 1 atom stereocenters. The minimum absolute atomic E-state index is 0.00514. The summed E-state index contributed by atoms with van der Waals surface area (Å²) in [4.78, 5) is 25.2. The SMILES string of the molecule is CC/C=C\C/C=C\C/C=C\C/C=C\C/C=C\C/C=C\CCC(=O)OCC(COCCCCCCCC/C=C\CCCC)OC(=O)CC/C=C\C/C=C\C/C=C\C/C=C\CC. The van der Waals surface area contributed by atoms with E-state index in [1.165, 1.54) is 51.4 Å². The smallest absolute Gasteiger partial charge is 0.306 e. The third-order valence-electron chi connectivity index (χ3n) is 9.18. The Morgan fingerprint density at radius 2 is 0.750 bits per heavy atom. The number of carbonyl (C=O) groups excluding carboxylic acids is 2. The summed E-state index contributed by atoms with van der Waals surface area (Å²) in [6, 6.07) is 0. The van der Waals surface area contributed by atoms with Gasteiger partial charge in [-0.05, 0) is 103 Å². The highest BCUT2D eigenvalue weighted by molar-refractivity contribution is 5.70. The summed E-state index contributed by atoms with van der Waals surface area (Å²) in [6.45, 7) is 7.36. The van der Waals surface area contributed by atoms with Gasteiger partial charge in [0.25, 0.3) is 0 Å². The van der Waals surface area contributed by atoms with Gasteiger partial charge in [0, 0.05) is 19.4 Å². The maximum absolute atomic E-state index is 12.7. The third kappa shape index (κ3) is 46.7. The van der Waals surface area contributed by atoms with E-state index >= 15 is 0 Å². The van der Waals surface area contributed by atoms with Gasteiger partial charge >= 0.3 is 11.9 Å². The maximum Gasteiger partial charge on any atom is 0.306 e. The van der Waals surface area contributed by atoms with E-state index in [4.69, 9.17) is 14.2 Å². The molecule has 5 heteroatoms. The van der Waals surface area contributed by atoms with E-state index in [1.54, 1.807) is 0 Å². The third-order valence-corrected chi connectivity index (χ3v) is 9.18. The normalized spacial score (nSPS) is 13.4. The molecule has 0 radical (unpaired) electrons. The molecule has 0 rings (SSSR count). The molecular weight excluding hydrogens is 741 g/mol. The number of ether oxygens (including phenoxy) is 3. The molecule has 0 N–H and O–H groups in total. The highest BCUT2D eigenvalue weighted by Gasteiger charge is 2.17. The minimum atomic E-state index is -0.616. The minimum Gasteiger partial charge on any atom is -0.462 e. The Morgan fingerprint density at radius 1 is 0.383 bits per heavy atom. The van der Waals surface area contributed by atoms with Crippen molar-refractivity contribution in [3.05, 3.63) is 134 Å². The van der Waals surface area contributed by atoms with Crippen molar-refractivity contribution in [3.8, 4) is 0 Å². The van der Waals surface area contributed by atoms with Crippen molar-refractivity contribution >= 4 is 11.9 Å². The fourth-order valence-electron chi connectivity index (χ4n) is 5.70. The molecule has 0 saturated heterocycles.